The first kappa shape index (κ1) is 15.2. The zero-order valence-corrected chi connectivity index (χ0v) is 11.8. The van der Waals surface area contributed by atoms with Crippen molar-refractivity contribution in [2.24, 2.45) is 0 Å². The molecule has 1 rings (SSSR count). The maximum absolute atomic E-state index is 12.1. The highest BCUT2D eigenvalue weighted by Gasteiger charge is 2.23. The molecule has 18 heavy (non-hydrogen) atoms. The summed E-state index contributed by atoms with van der Waals surface area (Å²) in [4.78, 5) is 0. The SMILES string of the molecule is Cc1ccc(CN(C)S(=O)(=O)N(C)CCCO)o1. The highest BCUT2D eigenvalue weighted by Crippen LogP contribution is 2.12. The monoisotopic (exact) mass is 276 g/mol. The van der Waals surface area contributed by atoms with Gasteiger partial charge in [-0.1, -0.05) is 0 Å². The fourth-order valence-corrected chi connectivity index (χ4v) is 2.64. The lowest BCUT2D eigenvalue weighted by Gasteiger charge is -2.23. The molecule has 0 amide bonds. The van der Waals surface area contributed by atoms with Crippen LogP contribution in [0.1, 0.15) is 17.9 Å². The van der Waals surface area contributed by atoms with Crippen LogP contribution < -0.4 is 0 Å². The van der Waals surface area contributed by atoms with Gasteiger partial charge in [-0.2, -0.15) is 17.0 Å². The molecule has 6 nitrogen and oxygen atoms in total. The molecule has 0 aromatic carbocycles. The molecule has 104 valence electrons. The first-order chi connectivity index (χ1) is 8.37. The van der Waals surface area contributed by atoms with Gasteiger partial charge in [-0.05, 0) is 25.5 Å². The Bertz CT molecular complexity index is 469. The summed E-state index contributed by atoms with van der Waals surface area (Å²) >= 11 is 0. The topological polar surface area (TPSA) is 74.0 Å². The number of hydrogen-bond donors (Lipinski definition) is 1. The average Bonchev–Trinajstić information content (AvgIpc) is 2.71. The van der Waals surface area contributed by atoms with E-state index in [1.54, 1.807) is 12.1 Å². The number of aliphatic hydroxyl groups is 1. The van der Waals surface area contributed by atoms with Crippen molar-refractivity contribution in [1.29, 1.82) is 0 Å². The van der Waals surface area contributed by atoms with E-state index in [1.807, 2.05) is 6.92 Å². The van der Waals surface area contributed by atoms with Gasteiger partial charge >= 0.3 is 0 Å². The lowest BCUT2D eigenvalue weighted by atomic mass is 10.4. The van der Waals surface area contributed by atoms with Gasteiger partial charge in [0.1, 0.15) is 11.5 Å². The smallest absolute Gasteiger partial charge is 0.281 e. The van der Waals surface area contributed by atoms with E-state index in [-0.39, 0.29) is 13.2 Å². The molecule has 1 heterocycles. The summed E-state index contributed by atoms with van der Waals surface area (Å²) in [5.74, 6) is 1.36. The van der Waals surface area contributed by atoms with Crippen molar-refractivity contribution in [1.82, 2.24) is 8.61 Å². The Labute approximate surface area is 108 Å². The van der Waals surface area contributed by atoms with Crippen LogP contribution in [0.4, 0.5) is 0 Å². The number of furan rings is 1. The van der Waals surface area contributed by atoms with E-state index in [2.05, 4.69) is 0 Å². The number of hydrogen-bond acceptors (Lipinski definition) is 4. The normalized spacial score (nSPS) is 12.6. The molecule has 0 fully saturated rings. The summed E-state index contributed by atoms with van der Waals surface area (Å²) in [5.41, 5.74) is 0. The van der Waals surface area contributed by atoms with Crippen molar-refractivity contribution in [2.45, 2.75) is 19.9 Å². The van der Waals surface area contributed by atoms with Crippen molar-refractivity contribution in [2.75, 3.05) is 27.2 Å². The highest BCUT2D eigenvalue weighted by molar-refractivity contribution is 7.86. The quantitative estimate of drug-likeness (QED) is 0.790. The molecule has 0 aliphatic carbocycles. The van der Waals surface area contributed by atoms with Gasteiger partial charge in [-0.15, -0.1) is 0 Å². The van der Waals surface area contributed by atoms with Crippen LogP contribution in [0.3, 0.4) is 0 Å². The molecule has 0 aliphatic rings. The predicted octanol–water partition coefficient (Wildman–Crippen LogP) is 0.579. The Balaban J connectivity index is 2.66. The Morgan fingerprint density at radius 3 is 2.44 bits per heavy atom. The van der Waals surface area contributed by atoms with Gasteiger partial charge in [0.2, 0.25) is 0 Å². The molecule has 0 aliphatic heterocycles. The van der Waals surface area contributed by atoms with Crippen molar-refractivity contribution in [3.63, 3.8) is 0 Å². The van der Waals surface area contributed by atoms with E-state index < -0.39 is 10.2 Å². The minimum absolute atomic E-state index is 0.0268. The second-order valence-corrected chi connectivity index (χ2v) is 6.32. The zero-order chi connectivity index (χ0) is 13.8. The molecule has 0 saturated carbocycles. The third-order valence-corrected chi connectivity index (χ3v) is 4.48. The summed E-state index contributed by atoms with van der Waals surface area (Å²) < 4.78 is 31.9. The van der Waals surface area contributed by atoms with Gasteiger partial charge in [0.05, 0.1) is 6.54 Å². The standard InChI is InChI=1S/C11H20N2O4S/c1-10-5-6-11(17-10)9-13(3)18(15,16)12(2)7-4-8-14/h5-6,14H,4,7-9H2,1-3H3. The fourth-order valence-electron chi connectivity index (χ4n) is 1.52. The number of rotatable bonds is 7. The van der Waals surface area contributed by atoms with Crippen molar-refractivity contribution >= 4 is 10.2 Å². The van der Waals surface area contributed by atoms with Gasteiger partial charge in [0, 0.05) is 27.2 Å². The van der Waals surface area contributed by atoms with Gasteiger partial charge in [0.25, 0.3) is 10.2 Å². The van der Waals surface area contributed by atoms with Crippen LogP contribution in [0.2, 0.25) is 0 Å². The predicted molar refractivity (Wildman–Crippen MR) is 68.2 cm³/mol. The molecule has 0 radical (unpaired) electrons. The number of aryl methyl sites for hydroxylation is 1. The van der Waals surface area contributed by atoms with Crippen LogP contribution in [-0.2, 0) is 16.8 Å². The molecular weight excluding hydrogens is 256 g/mol. The molecule has 1 N–H and O–H groups in total. The van der Waals surface area contributed by atoms with Crippen LogP contribution in [0.25, 0.3) is 0 Å². The Hall–Kier alpha value is -0.890. The summed E-state index contributed by atoms with van der Waals surface area (Å²) in [6.07, 6.45) is 0.420. The lowest BCUT2D eigenvalue weighted by Crippen LogP contribution is -2.39. The second kappa shape index (κ2) is 6.33. The molecule has 1 aromatic heterocycles. The largest absolute Gasteiger partial charge is 0.465 e. The molecule has 0 spiro atoms. The van der Waals surface area contributed by atoms with Gasteiger partial charge in [-0.3, -0.25) is 0 Å². The van der Waals surface area contributed by atoms with E-state index in [0.717, 1.165) is 5.76 Å². The molecule has 0 atom stereocenters. The molecule has 0 unspecified atom stereocenters. The summed E-state index contributed by atoms with van der Waals surface area (Å²) in [5, 5.41) is 8.71. The number of aliphatic hydroxyl groups excluding tert-OH is 1. The van der Waals surface area contributed by atoms with E-state index in [0.29, 0.717) is 18.7 Å². The molecule has 0 bridgehead atoms. The Morgan fingerprint density at radius 1 is 1.28 bits per heavy atom. The van der Waals surface area contributed by atoms with E-state index in [1.165, 1.54) is 22.7 Å². The molecule has 7 heteroatoms. The third-order valence-electron chi connectivity index (χ3n) is 2.59. The molecule has 0 saturated heterocycles. The third kappa shape index (κ3) is 3.81. The van der Waals surface area contributed by atoms with E-state index in [4.69, 9.17) is 9.52 Å². The van der Waals surface area contributed by atoms with Gasteiger partial charge in [0.15, 0.2) is 0 Å². The van der Waals surface area contributed by atoms with Crippen LogP contribution >= 0.6 is 0 Å². The van der Waals surface area contributed by atoms with Crippen molar-refractivity contribution in [3.8, 4) is 0 Å². The Kier molecular flexibility index (Phi) is 5.33. The fraction of sp³-hybridized carbons (Fsp3) is 0.636. The van der Waals surface area contributed by atoms with Crippen molar-refractivity contribution < 1.29 is 17.9 Å². The second-order valence-electron chi connectivity index (χ2n) is 4.17. The van der Waals surface area contributed by atoms with Crippen LogP contribution in [0.15, 0.2) is 16.5 Å². The maximum Gasteiger partial charge on any atom is 0.281 e. The number of nitrogens with zero attached hydrogens (tertiary/aromatic N) is 2. The van der Waals surface area contributed by atoms with Crippen molar-refractivity contribution in [3.05, 3.63) is 23.7 Å². The van der Waals surface area contributed by atoms with Crippen LogP contribution in [-0.4, -0.2) is 49.4 Å². The van der Waals surface area contributed by atoms with E-state index in [9.17, 15) is 8.42 Å². The summed E-state index contributed by atoms with van der Waals surface area (Å²) in [7, 11) is -0.507. The molecular formula is C11H20N2O4S. The van der Waals surface area contributed by atoms with Gasteiger partial charge in [-0.25, -0.2) is 0 Å². The minimum Gasteiger partial charge on any atom is -0.465 e. The Morgan fingerprint density at radius 2 is 1.94 bits per heavy atom. The minimum atomic E-state index is -3.50. The first-order valence-corrected chi connectivity index (χ1v) is 7.11. The highest BCUT2D eigenvalue weighted by atomic mass is 32.2. The first-order valence-electron chi connectivity index (χ1n) is 5.71. The molecule has 1 aromatic rings. The van der Waals surface area contributed by atoms with E-state index >= 15 is 0 Å². The summed E-state index contributed by atoms with van der Waals surface area (Å²) in [6.45, 7) is 2.27. The average molecular weight is 276 g/mol. The van der Waals surface area contributed by atoms with Crippen LogP contribution in [0, 0.1) is 6.92 Å². The lowest BCUT2D eigenvalue weighted by molar-refractivity contribution is 0.271. The summed E-state index contributed by atoms with van der Waals surface area (Å²) in [6, 6.07) is 3.56. The maximum atomic E-state index is 12.1. The van der Waals surface area contributed by atoms with Crippen LogP contribution in [0.5, 0.6) is 0 Å². The zero-order valence-electron chi connectivity index (χ0n) is 11.0. The van der Waals surface area contributed by atoms with Gasteiger partial charge < -0.3 is 9.52 Å².